The Hall–Kier alpha value is -3.93. The Kier molecular flexibility index (Phi) is 3.52. The van der Waals surface area contributed by atoms with E-state index in [1.54, 1.807) is 12.1 Å². The van der Waals surface area contributed by atoms with Gasteiger partial charge in [-0.1, -0.05) is 23.3 Å². The van der Waals surface area contributed by atoms with Gasteiger partial charge in [0.1, 0.15) is 17.4 Å². The monoisotopic (exact) mass is 394 g/mol. The Bertz CT molecular complexity index is 1260. The number of tetrazole rings is 1. The molecule has 0 saturated carbocycles. The number of hydrogen-bond donors (Lipinski definition) is 2. The third-order valence-corrected chi connectivity index (χ3v) is 5.30. The molecule has 1 aliphatic heterocycles. The number of thiophene rings is 1. The van der Waals surface area contributed by atoms with Crippen LogP contribution in [0.25, 0.3) is 10.6 Å². The molecule has 0 amide bonds. The van der Waals surface area contributed by atoms with E-state index < -0.39 is 16.5 Å². The van der Waals surface area contributed by atoms with Crippen LogP contribution >= 0.6 is 11.3 Å². The van der Waals surface area contributed by atoms with E-state index in [1.807, 2.05) is 17.5 Å². The van der Waals surface area contributed by atoms with Crippen LogP contribution < -0.4 is 10.9 Å². The van der Waals surface area contributed by atoms with Crippen molar-refractivity contribution >= 4 is 28.7 Å². The quantitative estimate of drug-likeness (QED) is 0.349. The van der Waals surface area contributed by atoms with Crippen LogP contribution in [0.1, 0.15) is 17.2 Å². The first-order valence-electron chi connectivity index (χ1n) is 8.09. The summed E-state index contributed by atoms with van der Waals surface area (Å²) in [5.74, 6) is 0.262. The van der Waals surface area contributed by atoms with Crippen molar-refractivity contribution in [3.8, 4) is 10.6 Å². The van der Waals surface area contributed by atoms with Crippen molar-refractivity contribution in [1.82, 2.24) is 30.4 Å². The molecule has 0 aliphatic carbocycles. The molecular formula is C16H10N8O3S. The fourth-order valence-electron chi connectivity index (χ4n) is 3.26. The molecule has 1 aromatic carbocycles. The lowest BCUT2D eigenvalue weighted by molar-refractivity contribution is -0.384. The smallest absolute Gasteiger partial charge is 0.288 e. The van der Waals surface area contributed by atoms with Gasteiger partial charge < -0.3 is 5.32 Å². The predicted octanol–water partition coefficient (Wildman–Crippen LogP) is 2.09. The molecule has 3 aromatic heterocycles. The number of nitro benzene ring substituents is 1. The van der Waals surface area contributed by atoms with Crippen LogP contribution in [-0.2, 0) is 0 Å². The van der Waals surface area contributed by atoms with E-state index in [0.29, 0.717) is 16.8 Å². The number of nitrogens with zero attached hydrogens (tertiary/aromatic N) is 6. The van der Waals surface area contributed by atoms with E-state index in [9.17, 15) is 14.9 Å². The number of nitrogens with one attached hydrogen (secondary N) is 2. The molecule has 5 rings (SSSR count). The SMILES string of the molecule is O=c1[nH]nc(-c2cccs2)c2c1Nc1nnnn1[C@H]2c1cccc([N+](=O)[O-])c1. The Morgan fingerprint density at radius 2 is 2.14 bits per heavy atom. The van der Waals surface area contributed by atoms with Crippen molar-refractivity contribution < 1.29 is 4.92 Å². The minimum absolute atomic E-state index is 0.0670. The molecule has 0 unspecified atom stereocenters. The summed E-state index contributed by atoms with van der Waals surface area (Å²) in [6.45, 7) is 0. The Balaban J connectivity index is 1.82. The summed E-state index contributed by atoms with van der Waals surface area (Å²) in [5, 5.41) is 34.5. The average molecular weight is 394 g/mol. The van der Waals surface area contributed by atoms with Crippen molar-refractivity contribution in [2.24, 2.45) is 0 Å². The average Bonchev–Trinajstić information content (AvgIpc) is 3.39. The second-order valence-corrected chi connectivity index (χ2v) is 6.94. The molecule has 0 spiro atoms. The van der Waals surface area contributed by atoms with E-state index >= 15 is 0 Å². The van der Waals surface area contributed by atoms with E-state index in [0.717, 1.165) is 4.88 Å². The summed E-state index contributed by atoms with van der Waals surface area (Å²) in [6, 6.07) is 9.27. The molecule has 0 radical (unpaired) electrons. The minimum Gasteiger partial charge on any atom is -0.318 e. The lowest BCUT2D eigenvalue weighted by atomic mass is 9.94. The van der Waals surface area contributed by atoms with E-state index in [2.05, 4.69) is 31.0 Å². The van der Waals surface area contributed by atoms with E-state index in [4.69, 9.17) is 0 Å². The number of aromatic amines is 1. The van der Waals surface area contributed by atoms with Crippen LogP contribution in [0.5, 0.6) is 0 Å². The largest absolute Gasteiger partial charge is 0.318 e. The molecule has 4 heterocycles. The van der Waals surface area contributed by atoms with Gasteiger partial charge in [-0.2, -0.15) is 9.78 Å². The number of fused-ring (bicyclic) bond motifs is 2. The zero-order valence-electron chi connectivity index (χ0n) is 13.9. The lowest BCUT2D eigenvalue weighted by Crippen LogP contribution is -2.29. The van der Waals surface area contributed by atoms with Crippen LogP contribution in [-0.4, -0.2) is 35.3 Å². The van der Waals surface area contributed by atoms with Crippen molar-refractivity contribution in [1.29, 1.82) is 0 Å². The van der Waals surface area contributed by atoms with Crippen molar-refractivity contribution in [3.63, 3.8) is 0 Å². The van der Waals surface area contributed by atoms with E-state index in [-0.39, 0.29) is 17.3 Å². The molecule has 28 heavy (non-hydrogen) atoms. The first kappa shape index (κ1) is 16.3. The summed E-state index contributed by atoms with van der Waals surface area (Å²) in [7, 11) is 0. The molecule has 2 N–H and O–H groups in total. The maximum atomic E-state index is 12.5. The molecule has 1 atom stereocenters. The predicted molar refractivity (Wildman–Crippen MR) is 99.6 cm³/mol. The van der Waals surface area contributed by atoms with Gasteiger partial charge in [-0.05, 0) is 27.4 Å². The number of nitro groups is 1. The van der Waals surface area contributed by atoms with Gasteiger partial charge in [0.05, 0.1) is 9.80 Å². The number of anilines is 2. The summed E-state index contributed by atoms with van der Waals surface area (Å²) >= 11 is 1.46. The molecular weight excluding hydrogens is 384 g/mol. The highest BCUT2D eigenvalue weighted by Crippen LogP contribution is 2.42. The maximum Gasteiger partial charge on any atom is 0.288 e. The van der Waals surface area contributed by atoms with Gasteiger partial charge in [0.15, 0.2) is 0 Å². The third-order valence-electron chi connectivity index (χ3n) is 4.42. The van der Waals surface area contributed by atoms with Crippen molar-refractivity contribution in [2.75, 3.05) is 5.32 Å². The number of H-pyrrole nitrogens is 1. The van der Waals surface area contributed by atoms with Crippen LogP contribution in [0.15, 0.2) is 46.6 Å². The summed E-state index contributed by atoms with van der Waals surface area (Å²) < 4.78 is 1.49. The second kappa shape index (κ2) is 6.06. The van der Waals surface area contributed by atoms with Gasteiger partial charge in [0.2, 0.25) is 5.95 Å². The lowest BCUT2D eigenvalue weighted by Gasteiger charge is -2.27. The highest BCUT2D eigenvalue weighted by molar-refractivity contribution is 7.13. The first-order valence-corrected chi connectivity index (χ1v) is 8.97. The maximum absolute atomic E-state index is 12.5. The molecule has 4 aromatic rings. The fraction of sp³-hybridized carbons (Fsp3) is 0.0625. The second-order valence-electron chi connectivity index (χ2n) is 5.99. The number of aromatic nitrogens is 6. The highest BCUT2D eigenvalue weighted by atomic mass is 32.1. The van der Waals surface area contributed by atoms with Gasteiger partial charge in [-0.3, -0.25) is 14.9 Å². The van der Waals surface area contributed by atoms with Crippen LogP contribution in [0.4, 0.5) is 17.3 Å². The van der Waals surface area contributed by atoms with Gasteiger partial charge in [-0.15, -0.1) is 11.3 Å². The summed E-state index contributed by atoms with van der Waals surface area (Å²) in [5.41, 5.74) is 1.43. The molecule has 0 bridgehead atoms. The molecule has 1 aliphatic rings. The van der Waals surface area contributed by atoms with Crippen molar-refractivity contribution in [3.05, 3.63) is 73.4 Å². The van der Waals surface area contributed by atoms with Crippen LogP contribution in [0.2, 0.25) is 0 Å². The number of non-ortho nitro benzene ring substituents is 1. The number of rotatable bonds is 3. The molecule has 0 saturated heterocycles. The highest BCUT2D eigenvalue weighted by Gasteiger charge is 2.35. The number of benzene rings is 1. The van der Waals surface area contributed by atoms with Gasteiger partial charge >= 0.3 is 0 Å². The Labute approximate surface area is 159 Å². The Morgan fingerprint density at radius 3 is 2.93 bits per heavy atom. The summed E-state index contributed by atoms with van der Waals surface area (Å²) in [6.07, 6.45) is 0. The van der Waals surface area contributed by atoms with Gasteiger partial charge in [0, 0.05) is 17.7 Å². The van der Waals surface area contributed by atoms with Gasteiger partial charge in [-0.25, -0.2) is 5.10 Å². The van der Waals surface area contributed by atoms with Crippen molar-refractivity contribution in [2.45, 2.75) is 6.04 Å². The Morgan fingerprint density at radius 1 is 1.25 bits per heavy atom. The number of hydrogen-bond acceptors (Lipinski definition) is 9. The van der Waals surface area contributed by atoms with E-state index in [1.165, 1.54) is 28.2 Å². The molecule has 12 heteroatoms. The zero-order valence-corrected chi connectivity index (χ0v) is 14.8. The third kappa shape index (κ3) is 2.39. The summed E-state index contributed by atoms with van der Waals surface area (Å²) in [4.78, 5) is 24.1. The molecule has 11 nitrogen and oxygen atoms in total. The minimum atomic E-state index is -0.659. The van der Waals surface area contributed by atoms with Crippen LogP contribution in [0, 0.1) is 10.1 Å². The van der Waals surface area contributed by atoms with Gasteiger partial charge in [0.25, 0.3) is 11.2 Å². The topological polar surface area (TPSA) is 145 Å². The molecule has 138 valence electrons. The fourth-order valence-corrected chi connectivity index (χ4v) is 3.98. The first-order chi connectivity index (χ1) is 13.6. The zero-order chi connectivity index (χ0) is 19.3. The standard InChI is InChI=1S/C16H10N8O3S/c25-15-13-11(12(18-19-15)10-5-2-6-28-10)14(23-16(17-13)20-21-22-23)8-3-1-4-9(7-8)24(26)27/h1-7,14H,(H,19,25)(H,17,20,22)/t14-/m0/s1. The van der Waals surface area contributed by atoms with Crippen LogP contribution in [0.3, 0.4) is 0 Å². The molecule has 0 fully saturated rings. The normalized spacial score (nSPS) is 14.8.